The molecule has 0 heterocycles. The third-order valence-electron chi connectivity index (χ3n) is 3.16. The van der Waals surface area contributed by atoms with E-state index in [1.165, 1.54) is 57.8 Å². The zero-order valence-corrected chi connectivity index (χ0v) is 10.7. The molecule has 0 aromatic rings. The molecule has 0 aromatic heterocycles. The lowest BCUT2D eigenvalue weighted by molar-refractivity contribution is -0.131. The summed E-state index contributed by atoms with van der Waals surface area (Å²) in [6, 6.07) is 0. The summed E-state index contributed by atoms with van der Waals surface area (Å²) in [7, 11) is 0. The van der Waals surface area contributed by atoms with Gasteiger partial charge in [0, 0.05) is 12.7 Å². The molecule has 0 amide bonds. The molecule has 0 radical (unpaired) electrons. The first-order valence-corrected chi connectivity index (χ1v) is 6.67. The second-order valence-corrected chi connectivity index (χ2v) is 4.64. The second-order valence-electron chi connectivity index (χ2n) is 4.64. The number of rotatable bonds is 2. The van der Waals surface area contributed by atoms with E-state index in [9.17, 15) is 4.79 Å². The SMILES string of the molecule is C=CC(=O)O.OCC1CCCCCCCCC1. The van der Waals surface area contributed by atoms with Crippen LogP contribution in [-0.2, 0) is 4.79 Å². The van der Waals surface area contributed by atoms with Crippen molar-refractivity contribution >= 4 is 5.97 Å². The molecule has 1 fully saturated rings. The fraction of sp³-hybridized carbons (Fsp3) is 0.786. The molecular weight excluding hydrogens is 216 g/mol. The van der Waals surface area contributed by atoms with Gasteiger partial charge in [-0.2, -0.15) is 0 Å². The number of carbonyl (C=O) groups is 1. The van der Waals surface area contributed by atoms with E-state index in [2.05, 4.69) is 6.58 Å². The number of carboxylic acid groups (broad SMARTS) is 1. The van der Waals surface area contributed by atoms with Gasteiger partial charge < -0.3 is 10.2 Å². The molecule has 0 unspecified atom stereocenters. The van der Waals surface area contributed by atoms with E-state index in [-0.39, 0.29) is 0 Å². The molecule has 0 aromatic carbocycles. The van der Waals surface area contributed by atoms with Crippen molar-refractivity contribution in [3.8, 4) is 0 Å². The van der Waals surface area contributed by atoms with Crippen LogP contribution in [0, 0.1) is 5.92 Å². The zero-order chi connectivity index (χ0) is 12.9. The number of aliphatic carboxylic acids is 1. The van der Waals surface area contributed by atoms with Crippen molar-refractivity contribution < 1.29 is 15.0 Å². The highest BCUT2D eigenvalue weighted by molar-refractivity contribution is 5.78. The van der Waals surface area contributed by atoms with E-state index in [0.717, 1.165) is 6.08 Å². The van der Waals surface area contributed by atoms with Crippen molar-refractivity contribution in [1.29, 1.82) is 0 Å². The molecule has 3 heteroatoms. The molecule has 1 aliphatic rings. The molecule has 1 rings (SSSR count). The Morgan fingerprint density at radius 1 is 1.06 bits per heavy atom. The van der Waals surface area contributed by atoms with E-state index in [4.69, 9.17) is 10.2 Å². The Morgan fingerprint density at radius 3 is 1.71 bits per heavy atom. The first-order valence-electron chi connectivity index (χ1n) is 6.67. The number of aliphatic hydroxyl groups is 1. The van der Waals surface area contributed by atoms with Crippen LogP contribution in [0.4, 0.5) is 0 Å². The lowest BCUT2D eigenvalue weighted by Gasteiger charge is -2.15. The molecule has 1 saturated carbocycles. The molecule has 0 aliphatic heterocycles. The minimum absolute atomic E-state index is 0.417. The average Bonchev–Trinajstić information content (AvgIpc) is 2.36. The molecule has 3 nitrogen and oxygen atoms in total. The maximum absolute atomic E-state index is 9.25. The highest BCUT2D eigenvalue weighted by atomic mass is 16.4. The second kappa shape index (κ2) is 11.6. The highest BCUT2D eigenvalue weighted by Gasteiger charge is 2.07. The fourth-order valence-electron chi connectivity index (χ4n) is 2.08. The average molecular weight is 242 g/mol. The van der Waals surface area contributed by atoms with Gasteiger partial charge in [-0.3, -0.25) is 0 Å². The predicted octanol–water partition coefficient (Wildman–Crippen LogP) is 3.38. The van der Waals surface area contributed by atoms with Gasteiger partial charge in [0.15, 0.2) is 0 Å². The number of carboxylic acids is 1. The standard InChI is InChI=1S/C11H22O.C3H4O2/c12-10-11-8-6-4-2-1-3-5-7-9-11;1-2-3(4)5/h11-12H,1-10H2;2H,1H2,(H,4,5). The van der Waals surface area contributed by atoms with Crippen LogP contribution < -0.4 is 0 Å². The first-order chi connectivity index (χ1) is 8.20. The first kappa shape index (κ1) is 16.2. The molecule has 2 N–H and O–H groups in total. The van der Waals surface area contributed by atoms with Crippen LogP contribution in [0.25, 0.3) is 0 Å². The van der Waals surface area contributed by atoms with Gasteiger partial charge in [0.2, 0.25) is 0 Å². The van der Waals surface area contributed by atoms with E-state index in [1.54, 1.807) is 0 Å². The van der Waals surface area contributed by atoms with Crippen LogP contribution >= 0.6 is 0 Å². The van der Waals surface area contributed by atoms with Gasteiger partial charge in [-0.1, -0.05) is 51.5 Å². The van der Waals surface area contributed by atoms with Gasteiger partial charge in [-0.15, -0.1) is 0 Å². The Morgan fingerprint density at radius 2 is 1.41 bits per heavy atom. The van der Waals surface area contributed by atoms with Crippen molar-refractivity contribution in [2.24, 2.45) is 5.92 Å². The Kier molecular flexibility index (Phi) is 11.1. The van der Waals surface area contributed by atoms with Crippen LogP contribution in [0.5, 0.6) is 0 Å². The normalized spacial score (nSPS) is 18.6. The van der Waals surface area contributed by atoms with Crippen molar-refractivity contribution in [3.63, 3.8) is 0 Å². The molecule has 0 saturated heterocycles. The summed E-state index contributed by atoms with van der Waals surface area (Å²) in [6.07, 6.45) is 13.1. The van der Waals surface area contributed by atoms with Crippen LogP contribution in [-0.4, -0.2) is 22.8 Å². The van der Waals surface area contributed by atoms with Gasteiger partial charge in [0.25, 0.3) is 0 Å². The number of aliphatic hydroxyl groups excluding tert-OH is 1. The lowest BCUT2D eigenvalue weighted by Crippen LogP contribution is -2.06. The van der Waals surface area contributed by atoms with E-state index in [0.29, 0.717) is 12.5 Å². The van der Waals surface area contributed by atoms with Crippen LogP contribution in [0.2, 0.25) is 0 Å². The Bertz CT molecular complexity index is 192. The quantitative estimate of drug-likeness (QED) is 0.730. The van der Waals surface area contributed by atoms with Crippen molar-refractivity contribution in [2.45, 2.75) is 57.8 Å². The molecule has 17 heavy (non-hydrogen) atoms. The summed E-state index contributed by atoms with van der Waals surface area (Å²) in [4.78, 5) is 9.25. The molecule has 1 aliphatic carbocycles. The molecule has 100 valence electrons. The predicted molar refractivity (Wildman–Crippen MR) is 70.0 cm³/mol. The zero-order valence-electron chi connectivity index (χ0n) is 10.7. The van der Waals surface area contributed by atoms with Gasteiger partial charge in [0.05, 0.1) is 0 Å². The van der Waals surface area contributed by atoms with Gasteiger partial charge in [-0.05, 0) is 18.8 Å². The summed E-state index contributed by atoms with van der Waals surface area (Å²) < 4.78 is 0. The van der Waals surface area contributed by atoms with Crippen LogP contribution in [0.15, 0.2) is 12.7 Å². The summed E-state index contributed by atoms with van der Waals surface area (Å²) in [5, 5.41) is 16.7. The van der Waals surface area contributed by atoms with Crippen molar-refractivity contribution in [1.82, 2.24) is 0 Å². The molecule has 0 spiro atoms. The van der Waals surface area contributed by atoms with Crippen LogP contribution in [0.1, 0.15) is 57.8 Å². The minimum Gasteiger partial charge on any atom is -0.478 e. The topological polar surface area (TPSA) is 57.5 Å². The summed E-state index contributed by atoms with van der Waals surface area (Å²) in [5.74, 6) is -0.367. The van der Waals surface area contributed by atoms with Crippen molar-refractivity contribution in [2.75, 3.05) is 6.61 Å². The molecule has 0 bridgehead atoms. The Balaban J connectivity index is 0.000000437. The Labute approximate surface area is 105 Å². The van der Waals surface area contributed by atoms with E-state index >= 15 is 0 Å². The maximum atomic E-state index is 9.25. The van der Waals surface area contributed by atoms with E-state index < -0.39 is 5.97 Å². The maximum Gasteiger partial charge on any atom is 0.327 e. The lowest BCUT2D eigenvalue weighted by atomic mass is 9.93. The number of hydrogen-bond donors (Lipinski definition) is 2. The molecular formula is C14H26O3. The highest BCUT2D eigenvalue weighted by Crippen LogP contribution is 2.20. The minimum atomic E-state index is -0.981. The van der Waals surface area contributed by atoms with Gasteiger partial charge >= 0.3 is 5.97 Å². The fourth-order valence-corrected chi connectivity index (χ4v) is 2.08. The van der Waals surface area contributed by atoms with Crippen LogP contribution in [0.3, 0.4) is 0 Å². The smallest absolute Gasteiger partial charge is 0.327 e. The summed E-state index contributed by atoms with van der Waals surface area (Å²) in [6.45, 7) is 3.38. The van der Waals surface area contributed by atoms with Gasteiger partial charge in [0.1, 0.15) is 0 Å². The van der Waals surface area contributed by atoms with Gasteiger partial charge in [-0.25, -0.2) is 4.79 Å². The molecule has 0 atom stereocenters. The summed E-state index contributed by atoms with van der Waals surface area (Å²) >= 11 is 0. The largest absolute Gasteiger partial charge is 0.478 e. The van der Waals surface area contributed by atoms with E-state index in [1.807, 2.05) is 0 Å². The number of hydrogen-bond acceptors (Lipinski definition) is 2. The third kappa shape index (κ3) is 11.4. The monoisotopic (exact) mass is 242 g/mol. The van der Waals surface area contributed by atoms with Crippen molar-refractivity contribution in [3.05, 3.63) is 12.7 Å². The Hall–Kier alpha value is -0.830. The summed E-state index contributed by atoms with van der Waals surface area (Å²) in [5.41, 5.74) is 0. The third-order valence-corrected chi connectivity index (χ3v) is 3.16.